The van der Waals surface area contributed by atoms with Gasteiger partial charge in [-0.1, -0.05) is 18.2 Å². The Morgan fingerprint density at radius 3 is 2.55 bits per heavy atom. The Morgan fingerprint density at radius 1 is 1.10 bits per heavy atom. The normalized spacial score (nSPS) is 12.3. The van der Waals surface area contributed by atoms with Crippen molar-refractivity contribution in [3.63, 3.8) is 0 Å². The molecule has 0 saturated heterocycles. The zero-order valence-corrected chi connectivity index (χ0v) is 11.6. The number of ether oxygens (including phenoxy) is 1. The number of aromatic nitrogens is 1. The van der Waals surface area contributed by atoms with Crippen LogP contribution in [0.5, 0.6) is 5.75 Å². The highest BCUT2D eigenvalue weighted by Crippen LogP contribution is 2.25. The fraction of sp³-hybridized carbons (Fsp3) is 0.0667. The van der Waals surface area contributed by atoms with Gasteiger partial charge in [0.2, 0.25) is 0 Å². The summed E-state index contributed by atoms with van der Waals surface area (Å²) in [6.07, 6.45) is -0.0814. The van der Waals surface area contributed by atoms with Crippen LogP contribution in [0, 0.1) is 0 Å². The van der Waals surface area contributed by atoms with Gasteiger partial charge in [0.05, 0.1) is 18.9 Å². The molecule has 0 spiro atoms. The molecule has 0 aliphatic heterocycles. The Balaban J connectivity index is 2.28. The van der Waals surface area contributed by atoms with E-state index in [1.807, 2.05) is 0 Å². The van der Waals surface area contributed by atoms with Gasteiger partial charge in [-0.2, -0.15) is 0 Å². The van der Waals surface area contributed by atoms with Crippen LogP contribution in [0.15, 0.2) is 65.7 Å². The van der Waals surface area contributed by atoms with Crippen molar-refractivity contribution in [3.8, 4) is 5.75 Å². The van der Waals surface area contributed by atoms with Crippen LogP contribution in [0.2, 0.25) is 0 Å². The van der Waals surface area contributed by atoms with Gasteiger partial charge in [0.25, 0.3) is 10.0 Å². The van der Waals surface area contributed by atoms with Crippen molar-refractivity contribution >= 4 is 20.9 Å². The van der Waals surface area contributed by atoms with E-state index in [0.29, 0.717) is 16.7 Å². The Hall–Kier alpha value is -2.27. The van der Waals surface area contributed by atoms with Crippen LogP contribution in [0.3, 0.4) is 0 Å². The molecular formula is C15H13NO3S. The van der Waals surface area contributed by atoms with Gasteiger partial charge < -0.3 is 4.74 Å². The van der Waals surface area contributed by atoms with Gasteiger partial charge in [0, 0.05) is 11.6 Å². The SMILES string of the molecule is [2H]c1cc2cc(OC)ccc2n1S(=O)(=O)c1ccccc1. The first-order valence-corrected chi connectivity index (χ1v) is 7.45. The molecule has 0 bridgehead atoms. The van der Waals surface area contributed by atoms with Crippen LogP contribution in [-0.4, -0.2) is 19.5 Å². The van der Waals surface area contributed by atoms with Crippen molar-refractivity contribution in [1.82, 2.24) is 3.97 Å². The summed E-state index contributed by atoms with van der Waals surface area (Å²) in [7, 11) is -2.24. The van der Waals surface area contributed by atoms with Gasteiger partial charge in [-0.05, 0) is 36.4 Å². The molecule has 0 saturated carbocycles. The van der Waals surface area contributed by atoms with Crippen LogP contribution in [0.1, 0.15) is 1.37 Å². The summed E-state index contributed by atoms with van der Waals surface area (Å²) in [5.74, 6) is 0.622. The fourth-order valence-electron chi connectivity index (χ4n) is 2.05. The molecule has 0 radical (unpaired) electrons. The molecule has 0 N–H and O–H groups in total. The van der Waals surface area contributed by atoms with E-state index in [9.17, 15) is 8.42 Å². The highest BCUT2D eigenvalue weighted by atomic mass is 32.2. The molecule has 3 rings (SSSR count). The summed E-state index contributed by atoms with van der Waals surface area (Å²) in [6, 6.07) is 14.7. The van der Waals surface area contributed by atoms with Crippen molar-refractivity contribution in [2.75, 3.05) is 7.11 Å². The minimum Gasteiger partial charge on any atom is -0.497 e. The molecule has 102 valence electrons. The van der Waals surface area contributed by atoms with Crippen molar-refractivity contribution in [3.05, 3.63) is 60.8 Å². The topological polar surface area (TPSA) is 48.3 Å². The number of fused-ring (bicyclic) bond motifs is 1. The number of hydrogen-bond donors (Lipinski definition) is 0. The summed E-state index contributed by atoms with van der Waals surface area (Å²) in [4.78, 5) is 0.159. The predicted molar refractivity (Wildman–Crippen MR) is 77.5 cm³/mol. The summed E-state index contributed by atoms with van der Waals surface area (Å²) >= 11 is 0. The molecule has 0 amide bonds. The third-order valence-corrected chi connectivity index (χ3v) is 4.72. The third kappa shape index (κ3) is 1.96. The van der Waals surface area contributed by atoms with E-state index in [1.165, 1.54) is 18.2 Å². The van der Waals surface area contributed by atoms with Crippen molar-refractivity contribution in [1.29, 1.82) is 0 Å². The molecule has 3 aromatic rings. The van der Waals surface area contributed by atoms with Crippen LogP contribution in [0.25, 0.3) is 10.9 Å². The quantitative estimate of drug-likeness (QED) is 0.744. The van der Waals surface area contributed by atoms with Crippen LogP contribution >= 0.6 is 0 Å². The lowest BCUT2D eigenvalue weighted by molar-refractivity contribution is 0.415. The number of rotatable bonds is 3. The minimum atomic E-state index is -3.78. The number of nitrogens with zero attached hydrogens (tertiary/aromatic N) is 1. The maximum Gasteiger partial charge on any atom is 0.268 e. The Morgan fingerprint density at radius 2 is 1.85 bits per heavy atom. The second kappa shape index (κ2) is 4.68. The summed E-state index contributed by atoms with van der Waals surface area (Å²) in [5, 5.41) is 0.652. The Kier molecular flexibility index (Phi) is 2.70. The zero-order chi connectivity index (χ0) is 15.0. The monoisotopic (exact) mass is 288 g/mol. The zero-order valence-electron chi connectivity index (χ0n) is 11.8. The Labute approximate surface area is 118 Å². The van der Waals surface area contributed by atoms with Crippen LogP contribution < -0.4 is 4.74 Å². The minimum absolute atomic E-state index is 0.0814. The molecule has 2 aromatic carbocycles. The highest BCUT2D eigenvalue weighted by molar-refractivity contribution is 7.90. The predicted octanol–water partition coefficient (Wildman–Crippen LogP) is 2.89. The lowest BCUT2D eigenvalue weighted by atomic mass is 10.2. The van der Waals surface area contributed by atoms with Gasteiger partial charge >= 0.3 is 0 Å². The maximum absolute atomic E-state index is 12.7. The molecule has 0 aliphatic rings. The van der Waals surface area contributed by atoms with Gasteiger partial charge in [0.1, 0.15) is 5.75 Å². The lowest BCUT2D eigenvalue weighted by Gasteiger charge is -2.07. The molecule has 0 unspecified atom stereocenters. The van der Waals surface area contributed by atoms with Crippen molar-refractivity contribution in [2.24, 2.45) is 0 Å². The number of hydrogen-bond acceptors (Lipinski definition) is 3. The van der Waals surface area contributed by atoms with E-state index in [-0.39, 0.29) is 11.1 Å². The fourth-order valence-corrected chi connectivity index (χ4v) is 3.38. The van der Waals surface area contributed by atoms with Crippen LogP contribution in [0.4, 0.5) is 0 Å². The van der Waals surface area contributed by atoms with Crippen LogP contribution in [-0.2, 0) is 10.0 Å². The van der Waals surface area contributed by atoms with E-state index in [4.69, 9.17) is 6.11 Å². The standard InChI is InChI=1S/C15H13NO3S/c1-19-13-7-8-15-12(11-13)9-10-16(15)20(17,18)14-5-3-2-4-6-14/h2-11H,1H3/i10D. The average Bonchev–Trinajstić information content (AvgIpc) is 2.83. The molecule has 0 aliphatic carbocycles. The van der Waals surface area contributed by atoms with Crippen molar-refractivity contribution < 1.29 is 14.5 Å². The summed E-state index contributed by atoms with van der Waals surface area (Å²) in [5.41, 5.74) is 0.463. The van der Waals surface area contributed by atoms with Gasteiger partial charge in [-0.15, -0.1) is 0 Å². The van der Waals surface area contributed by atoms with Gasteiger partial charge in [-0.3, -0.25) is 0 Å². The van der Waals surface area contributed by atoms with E-state index < -0.39 is 10.0 Å². The van der Waals surface area contributed by atoms with E-state index in [2.05, 4.69) is 0 Å². The number of benzene rings is 2. The van der Waals surface area contributed by atoms with E-state index >= 15 is 0 Å². The smallest absolute Gasteiger partial charge is 0.268 e. The van der Waals surface area contributed by atoms with Gasteiger partial charge in [-0.25, -0.2) is 12.4 Å². The Bertz CT molecular complexity index is 901. The molecule has 1 heterocycles. The highest BCUT2D eigenvalue weighted by Gasteiger charge is 2.18. The first-order valence-electron chi connectivity index (χ1n) is 6.51. The van der Waals surface area contributed by atoms with Gasteiger partial charge in [0.15, 0.2) is 0 Å². The van der Waals surface area contributed by atoms with Crippen molar-refractivity contribution in [2.45, 2.75) is 4.90 Å². The molecule has 5 heteroatoms. The third-order valence-electron chi connectivity index (χ3n) is 3.07. The molecule has 20 heavy (non-hydrogen) atoms. The van der Waals surface area contributed by atoms with E-state index in [0.717, 1.165) is 3.97 Å². The summed E-state index contributed by atoms with van der Waals surface area (Å²) in [6.45, 7) is 0. The second-order valence-corrected chi connectivity index (χ2v) is 6.07. The average molecular weight is 288 g/mol. The molecular weight excluding hydrogens is 274 g/mol. The second-order valence-electron chi connectivity index (χ2n) is 4.28. The van der Waals surface area contributed by atoms with E-state index in [1.54, 1.807) is 43.5 Å². The largest absolute Gasteiger partial charge is 0.497 e. The first-order chi connectivity index (χ1) is 10.0. The lowest BCUT2D eigenvalue weighted by Crippen LogP contribution is -2.11. The molecule has 1 aromatic heterocycles. The first kappa shape index (κ1) is 11.5. The summed E-state index contributed by atoms with van der Waals surface area (Å²) < 4.78 is 39.5. The molecule has 0 fully saturated rings. The molecule has 4 nitrogen and oxygen atoms in total. The maximum atomic E-state index is 12.7. The number of methoxy groups -OCH3 is 1. The molecule has 0 atom stereocenters.